The van der Waals surface area contributed by atoms with Crippen LogP contribution in [0.3, 0.4) is 0 Å². The van der Waals surface area contributed by atoms with Crippen molar-refractivity contribution in [2.75, 3.05) is 0 Å². The topological polar surface area (TPSA) is 17.3 Å². The van der Waals surface area contributed by atoms with Crippen molar-refractivity contribution in [3.05, 3.63) is 59.9 Å². The Morgan fingerprint density at radius 2 is 1.73 bits per heavy atom. The summed E-state index contributed by atoms with van der Waals surface area (Å²) in [6.07, 6.45) is 2.02. The highest BCUT2D eigenvalue weighted by Gasteiger charge is 2.19. The molecule has 0 radical (unpaired) electrons. The van der Waals surface area contributed by atoms with Gasteiger partial charge in [-0.05, 0) is 30.0 Å². The predicted octanol–water partition coefficient (Wildman–Crippen LogP) is 5.60. The summed E-state index contributed by atoms with van der Waals surface area (Å²) in [5.74, 6) is 0. The quantitative estimate of drug-likeness (QED) is 0.563. The molecule has 2 heterocycles. The number of hydrogen-bond donors (Lipinski definition) is 0. The Hall–Kier alpha value is -1.80. The fourth-order valence-electron chi connectivity index (χ4n) is 2.74. The van der Waals surface area contributed by atoms with Crippen molar-refractivity contribution < 1.29 is 0 Å². The van der Waals surface area contributed by atoms with E-state index in [1.165, 1.54) is 5.56 Å². The molecule has 1 aromatic carbocycles. The Morgan fingerprint density at radius 3 is 2.32 bits per heavy atom. The number of aromatic nitrogens is 2. The second kappa shape index (κ2) is 5.44. The Morgan fingerprint density at radius 1 is 1.05 bits per heavy atom. The van der Waals surface area contributed by atoms with E-state index < -0.39 is 0 Å². The van der Waals surface area contributed by atoms with Gasteiger partial charge >= 0.3 is 0 Å². The Labute approximate surface area is 136 Å². The van der Waals surface area contributed by atoms with Crippen molar-refractivity contribution in [3.8, 4) is 11.3 Å². The number of fused-ring (bicyclic) bond motifs is 1. The van der Waals surface area contributed by atoms with Crippen LogP contribution >= 0.6 is 11.6 Å². The van der Waals surface area contributed by atoms with Crippen LogP contribution in [-0.4, -0.2) is 9.38 Å². The molecule has 0 aliphatic rings. The van der Waals surface area contributed by atoms with E-state index in [0.717, 1.165) is 22.6 Å². The maximum absolute atomic E-state index is 6.42. The van der Waals surface area contributed by atoms with Crippen LogP contribution in [0.4, 0.5) is 0 Å². The summed E-state index contributed by atoms with van der Waals surface area (Å²) >= 11 is 6.42. The van der Waals surface area contributed by atoms with Gasteiger partial charge in [0.15, 0.2) is 0 Å². The third kappa shape index (κ3) is 2.64. The largest absolute Gasteiger partial charge is 0.302 e. The summed E-state index contributed by atoms with van der Waals surface area (Å²) in [7, 11) is 0. The molecule has 0 bridgehead atoms. The van der Waals surface area contributed by atoms with Gasteiger partial charge in [-0.15, -0.1) is 11.6 Å². The van der Waals surface area contributed by atoms with E-state index in [1.54, 1.807) is 0 Å². The molecule has 0 amide bonds. The molecular weight excluding hydrogens is 292 g/mol. The van der Waals surface area contributed by atoms with Crippen LogP contribution in [-0.2, 0) is 5.41 Å². The smallest absolute Gasteiger partial charge is 0.137 e. The van der Waals surface area contributed by atoms with Crippen LogP contribution in [0.1, 0.15) is 44.3 Å². The standard InChI is InChI=1S/C19H21ClN2/c1-13(20)18-17(21-16-7-5-6-12-22(16)18)14-8-10-15(11-9-14)19(2,3)4/h5-13H,1-4H3. The molecule has 3 aromatic rings. The van der Waals surface area contributed by atoms with Crippen LogP contribution in [0.15, 0.2) is 48.7 Å². The fourth-order valence-corrected chi connectivity index (χ4v) is 2.94. The normalized spacial score (nSPS) is 13.5. The molecule has 0 fully saturated rings. The maximum atomic E-state index is 6.42. The molecule has 2 nitrogen and oxygen atoms in total. The second-order valence-electron chi connectivity index (χ2n) is 6.72. The Kier molecular flexibility index (Phi) is 3.73. The molecule has 22 heavy (non-hydrogen) atoms. The zero-order chi connectivity index (χ0) is 15.9. The number of benzene rings is 1. The highest BCUT2D eigenvalue weighted by atomic mass is 35.5. The molecule has 114 valence electrons. The summed E-state index contributed by atoms with van der Waals surface area (Å²) < 4.78 is 2.07. The lowest BCUT2D eigenvalue weighted by molar-refractivity contribution is 0.590. The minimum atomic E-state index is -0.102. The van der Waals surface area contributed by atoms with E-state index in [-0.39, 0.29) is 10.8 Å². The van der Waals surface area contributed by atoms with Gasteiger partial charge in [-0.1, -0.05) is 51.1 Å². The first-order chi connectivity index (χ1) is 10.4. The number of nitrogens with zero attached hydrogens (tertiary/aromatic N) is 2. The molecule has 0 saturated heterocycles. The minimum absolute atomic E-state index is 0.102. The van der Waals surface area contributed by atoms with E-state index in [4.69, 9.17) is 16.6 Å². The summed E-state index contributed by atoms with van der Waals surface area (Å²) in [4.78, 5) is 4.77. The number of pyridine rings is 1. The maximum Gasteiger partial charge on any atom is 0.137 e. The minimum Gasteiger partial charge on any atom is -0.302 e. The monoisotopic (exact) mass is 312 g/mol. The lowest BCUT2D eigenvalue weighted by atomic mass is 9.86. The average molecular weight is 313 g/mol. The molecule has 0 saturated carbocycles. The molecule has 0 N–H and O–H groups in total. The average Bonchev–Trinajstić information content (AvgIpc) is 2.86. The molecule has 3 rings (SSSR count). The van der Waals surface area contributed by atoms with Gasteiger partial charge in [-0.2, -0.15) is 0 Å². The van der Waals surface area contributed by atoms with Gasteiger partial charge in [0.05, 0.1) is 16.8 Å². The third-order valence-electron chi connectivity index (χ3n) is 3.97. The van der Waals surface area contributed by atoms with Gasteiger partial charge in [0.2, 0.25) is 0 Å². The van der Waals surface area contributed by atoms with Crippen molar-refractivity contribution in [1.29, 1.82) is 0 Å². The molecule has 3 heteroatoms. The Balaban J connectivity index is 2.15. The number of alkyl halides is 1. The lowest BCUT2D eigenvalue weighted by Crippen LogP contribution is -2.10. The van der Waals surface area contributed by atoms with E-state index in [0.29, 0.717) is 0 Å². The fraction of sp³-hybridized carbons (Fsp3) is 0.316. The summed E-state index contributed by atoms with van der Waals surface area (Å²) in [5.41, 5.74) is 5.52. The number of halogens is 1. The van der Waals surface area contributed by atoms with Crippen LogP contribution < -0.4 is 0 Å². The lowest BCUT2D eigenvalue weighted by Gasteiger charge is -2.19. The van der Waals surface area contributed by atoms with Crippen molar-refractivity contribution >= 4 is 17.2 Å². The molecular formula is C19H21ClN2. The number of hydrogen-bond acceptors (Lipinski definition) is 1. The SMILES string of the molecule is CC(Cl)c1c(-c2ccc(C(C)(C)C)cc2)nc2ccccn12. The van der Waals surface area contributed by atoms with Crippen molar-refractivity contribution in [2.24, 2.45) is 0 Å². The highest BCUT2D eigenvalue weighted by molar-refractivity contribution is 6.20. The van der Waals surface area contributed by atoms with Gasteiger partial charge < -0.3 is 4.40 Å². The van der Waals surface area contributed by atoms with Crippen molar-refractivity contribution in [3.63, 3.8) is 0 Å². The van der Waals surface area contributed by atoms with Crippen molar-refractivity contribution in [2.45, 2.75) is 38.5 Å². The highest BCUT2D eigenvalue weighted by Crippen LogP contribution is 2.33. The molecule has 2 aromatic heterocycles. The molecule has 0 aliphatic carbocycles. The molecule has 1 unspecified atom stereocenters. The summed E-state index contributed by atoms with van der Waals surface area (Å²) in [5, 5.41) is -0.102. The van der Waals surface area contributed by atoms with Crippen LogP contribution in [0.25, 0.3) is 16.9 Å². The van der Waals surface area contributed by atoms with E-state index in [9.17, 15) is 0 Å². The Bertz CT molecular complexity index is 792. The first-order valence-corrected chi connectivity index (χ1v) is 8.03. The number of imidazole rings is 1. The van der Waals surface area contributed by atoms with Gasteiger partial charge in [0.1, 0.15) is 5.65 Å². The van der Waals surface area contributed by atoms with E-state index in [2.05, 4.69) is 49.4 Å². The summed E-state index contributed by atoms with van der Waals surface area (Å²) in [6, 6.07) is 14.7. The van der Waals surface area contributed by atoms with E-state index in [1.807, 2.05) is 31.3 Å². The number of rotatable bonds is 2. The van der Waals surface area contributed by atoms with Gasteiger partial charge in [-0.25, -0.2) is 4.98 Å². The van der Waals surface area contributed by atoms with Crippen LogP contribution in [0.2, 0.25) is 0 Å². The van der Waals surface area contributed by atoms with Crippen LogP contribution in [0.5, 0.6) is 0 Å². The molecule has 0 aliphatic heterocycles. The van der Waals surface area contributed by atoms with Crippen molar-refractivity contribution in [1.82, 2.24) is 9.38 Å². The second-order valence-corrected chi connectivity index (χ2v) is 7.37. The first-order valence-electron chi connectivity index (χ1n) is 7.60. The van der Waals surface area contributed by atoms with E-state index >= 15 is 0 Å². The van der Waals surface area contributed by atoms with Crippen LogP contribution in [0, 0.1) is 0 Å². The zero-order valence-electron chi connectivity index (χ0n) is 13.5. The summed E-state index contributed by atoms with van der Waals surface area (Å²) in [6.45, 7) is 8.66. The zero-order valence-corrected chi connectivity index (χ0v) is 14.2. The van der Waals surface area contributed by atoms with Gasteiger partial charge in [-0.3, -0.25) is 0 Å². The third-order valence-corrected chi connectivity index (χ3v) is 4.17. The van der Waals surface area contributed by atoms with Gasteiger partial charge in [0.25, 0.3) is 0 Å². The molecule has 1 atom stereocenters. The van der Waals surface area contributed by atoms with Gasteiger partial charge in [0, 0.05) is 11.8 Å². The molecule has 0 spiro atoms. The predicted molar refractivity (Wildman–Crippen MR) is 93.6 cm³/mol. The first kappa shape index (κ1) is 15.1.